The molecule has 2 rings (SSSR count). The molecule has 0 saturated heterocycles. The van der Waals surface area contributed by atoms with E-state index in [1.165, 1.54) is 24.8 Å². The first-order valence-electron chi connectivity index (χ1n) is 6.76. The van der Waals surface area contributed by atoms with E-state index in [1.54, 1.807) is 0 Å². The van der Waals surface area contributed by atoms with Crippen molar-refractivity contribution >= 4 is 11.6 Å². The van der Waals surface area contributed by atoms with E-state index in [9.17, 15) is 19.3 Å². The molecule has 0 unspecified atom stereocenters. The number of hydrogen-bond donors (Lipinski definition) is 0. The van der Waals surface area contributed by atoms with Crippen LogP contribution in [0.3, 0.4) is 0 Å². The number of hydrogen-bond acceptors (Lipinski definition) is 4. The fourth-order valence-electron chi connectivity index (χ4n) is 1.88. The van der Waals surface area contributed by atoms with Crippen molar-refractivity contribution in [3.63, 3.8) is 0 Å². The van der Waals surface area contributed by atoms with Gasteiger partial charge in [0, 0.05) is 26.3 Å². The molecule has 0 bridgehead atoms. The lowest BCUT2D eigenvalue weighted by Gasteiger charge is -2.17. The predicted molar refractivity (Wildman–Crippen MR) is 73.6 cm³/mol. The maximum Gasteiger partial charge on any atom is 0.282 e. The fraction of sp³-hybridized carbons (Fsp3) is 0.500. The van der Waals surface area contributed by atoms with Crippen LogP contribution in [0.25, 0.3) is 0 Å². The summed E-state index contributed by atoms with van der Waals surface area (Å²) >= 11 is 0. The number of rotatable bonds is 7. The third kappa shape index (κ3) is 4.22. The summed E-state index contributed by atoms with van der Waals surface area (Å²) in [4.78, 5) is 23.7. The molecule has 114 valence electrons. The lowest BCUT2D eigenvalue weighted by molar-refractivity contribution is -0.385. The summed E-state index contributed by atoms with van der Waals surface area (Å²) in [5.41, 5.74) is -0.642. The minimum atomic E-state index is -0.690. The van der Waals surface area contributed by atoms with Crippen LogP contribution in [0.15, 0.2) is 18.2 Å². The van der Waals surface area contributed by atoms with E-state index >= 15 is 0 Å². The van der Waals surface area contributed by atoms with E-state index in [2.05, 4.69) is 0 Å². The van der Waals surface area contributed by atoms with Gasteiger partial charge >= 0.3 is 0 Å². The summed E-state index contributed by atoms with van der Waals surface area (Å²) in [6, 6.07) is 2.86. The van der Waals surface area contributed by atoms with Gasteiger partial charge in [0.2, 0.25) is 0 Å². The lowest BCUT2D eigenvalue weighted by atomic mass is 10.1. The van der Waals surface area contributed by atoms with Gasteiger partial charge in [-0.1, -0.05) is 0 Å². The van der Waals surface area contributed by atoms with Crippen molar-refractivity contribution in [2.75, 3.05) is 26.8 Å². The summed E-state index contributed by atoms with van der Waals surface area (Å²) in [5.74, 6) is -0.631. The van der Waals surface area contributed by atoms with Crippen molar-refractivity contribution < 1.29 is 18.8 Å². The van der Waals surface area contributed by atoms with Gasteiger partial charge in [0.1, 0.15) is 11.4 Å². The van der Waals surface area contributed by atoms with Crippen molar-refractivity contribution in [2.45, 2.75) is 12.8 Å². The Morgan fingerprint density at radius 3 is 2.86 bits per heavy atom. The lowest BCUT2D eigenvalue weighted by Crippen LogP contribution is -2.31. The van der Waals surface area contributed by atoms with Crippen LogP contribution in [-0.2, 0) is 4.74 Å². The number of amides is 1. The first kappa shape index (κ1) is 15.4. The fourth-order valence-corrected chi connectivity index (χ4v) is 1.88. The van der Waals surface area contributed by atoms with Gasteiger partial charge in [-0.05, 0) is 30.9 Å². The SMILES string of the molecule is CN(CCOCC1CC1)C(=O)c1cc(F)ccc1[N+](=O)[O-]. The standard InChI is InChI=1S/C14H17FN2O4/c1-16(6-7-21-9-10-2-3-10)14(18)12-8-11(15)4-5-13(12)17(19)20/h4-5,8,10H,2-3,6-7,9H2,1H3. The molecule has 0 radical (unpaired) electrons. The summed E-state index contributed by atoms with van der Waals surface area (Å²) in [6.07, 6.45) is 2.37. The van der Waals surface area contributed by atoms with Gasteiger partial charge in [0.25, 0.3) is 11.6 Å². The average molecular weight is 296 g/mol. The number of halogens is 1. The number of carbonyl (C=O) groups is 1. The Hall–Kier alpha value is -2.02. The number of nitrogens with zero attached hydrogens (tertiary/aromatic N) is 2. The first-order valence-corrected chi connectivity index (χ1v) is 6.76. The van der Waals surface area contributed by atoms with Crippen molar-refractivity contribution in [2.24, 2.45) is 5.92 Å². The zero-order valence-corrected chi connectivity index (χ0v) is 11.8. The van der Waals surface area contributed by atoms with Crippen molar-refractivity contribution in [3.05, 3.63) is 39.7 Å². The monoisotopic (exact) mass is 296 g/mol. The van der Waals surface area contributed by atoms with Crippen molar-refractivity contribution in [1.82, 2.24) is 4.90 Å². The molecular weight excluding hydrogens is 279 g/mol. The second-order valence-electron chi connectivity index (χ2n) is 5.16. The normalized spacial score (nSPS) is 14.0. The molecule has 1 aliphatic rings. The topological polar surface area (TPSA) is 72.7 Å². The van der Waals surface area contributed by atoms with Gasteiger partial charge in [-0.3, -0.25) is 14.9 Å². The predicted octanol–water partition coefficient (Wildman–Crippen LogP) is 2.23. The number of carbonyl (C=O) groups excluding carboxylic acids is 1. The number of nitro groups is 1. The third-order valence-electron chi connectivity index (χ3n) is 3.35. The highest BCUT2D eigenvalue weighted by Crippen LogP contribution is 2.28. The summed E-state index contributed by atoms with van der Waals surface area (Å²) in [7, 11) is 1.51. The number of likely N-dealkylation sites (N-methyl/N-ethyl adjacent to an activating group) is 1. The van der Waals surface area contributed by atoms with Crippen LogP contribution in [0.2, 0.25) is 0 Å². The molecule has 0 N–H and O–H groups in total. The Bertz CT molecular complexity index is 546. The van der Waals surface area contributed by atoms with Crippen LogP contribution in [0.1, 0.15) is 23.2 Å². The first-order chi connectivity index (χ1) is 9.99. The minimum Gasteiger partial charge on any atom is -0.379 e. The number of ether oxygens (including phenoxy) is 1. The highest BCUT2D eigenvalue weighted by Gasteiger charge is 2.24. The molecule has 0 spiro atoms. The van der Waals surface area contributed by atoms with Gasteiger partial charge < -0.3 is 9.64 Å². The zero-order valence-electron chi connectivity index (χ0n) is 11.8. The molecule has 7 heteroatoms. The Labute approximate surface area is 121 Å². The summed E-state index contributed by atoms with van der Waals surface area (Å²) < 4.78 is 18.6. The van der Waals surface area contributed by atoms with Crippen LogP contribution >= 0.6 is 0 Å². The van der Waals surface area contributed by atoms with E-state index in [4.69, 9.17) is 4.74 Å². The van der Waals surface area contributed by atoms with E-state index in [0.29, 0.717) is 25.7 Å². The van der Waals surface area contributed by atoms with Gasteiger partial charge in [0.05, 0.1) is 11.5 Å². The largest absolute Gasteiger partial charge is 0.379 e. The Morgan fingerprint density at radius 2 is 2.24 bits per heavy atom. The molecule has 0 heterocycles. The second-order valence-corrected chi connectivity index (χ2v) is 5.16. The molecule has 1 amide bonds. The smallest absolute Gasteiger partial charge is 0.282 e. The highest BCUT2D eigenvalue weighted by atomic mass is 19.1. The maximum atomic E-state index is 13.2. The van der Waals surface area contributed by atoms with Crippen LogP contribution in [-0.4, -0.2) is 42.5 Å². The van der Waals surface area contributed by atoms with Crippen LogP contribution in [0, 0.1) is 21.8 Å². The van der Waals surface area contributed by atoms with Gasteiger partial charge in [-0.25, -0.2) is 4.39 Å². The molecule has 0 aliphatic heterocycles. The van der Waals surface area contributed by atoms with Gasteiger partial charge in [0.15, 0.2) is 0 Å². The Kier molecular flexibility index (Phi) is 4.85. The van der Waals surface area contributed by atoms with E-state index in [1.807, 2.05) is 0 Å². The van der Waals surface area contributed by atoms with Crippen LogP contribution in [0.4, 0.5) is 10.1 Å². The Morgan fingerprint density at radius 1 is 1.52 bits per heavy atom. The summed E-state index contributed by atoms with van der Waals surface area (Å²) in [5, 5.41) is 10.9. The molecular formula is C14H17FN2O4. The molecule has 21 heavy (non-hydrogen) atoms. The molecule has 6 nitrogen and oxygen atoms in total. The minimum absolute atomic E-state index is 0.246. The molecule has 1 aliphatic carbocycles. The molecule has 1 saturated carbocycles. The van der Waals surface area contributed by atoms with E-state index in [0.717, 1.165) is 18.2 Å². The molecule has 1 aromatic rings. The second kappa shape index (κ2) is 6.62. The molecule has 0 aromatic heterocycles. The number of nitro benzene ring substituents is 1. The zero-order chi connectivity index (χ0) is 15.4. The average Bonchev–Trinajstić information content (AvgIpc) is 3.26. The molecule has 1 fully saturated rings. The van der Waals surface area contributed by atoms with Crippen molar-refractivity contribution in [3.8, 4) is 0 Å². The molecule has 1 aromatic carbocycles. The Balaban J connectivity index is 1.96. The van der Waals surface area contributed by atoms with Gasteiger partial charge in [-0.2, -0.15) is 0 Å². The van der Waals surface area contributed by atoms with E-state index < -0.39 is 22.3 Å². The third-order valence-corrected chi connectivity index (χ3v) is 3.35. The quantitative estimate of drug-likeness (QED) is 0.439. The van der Waals surface area contributed by atoms with Gasteiger partial charge in [-0.15, -0.1) is 0 Å². The van der Waals surface area contributed by atoms with Crippen LogP contribution in [0.5, 0.6) is 0 Å². The molecule has 0 atom stereocenters. The van der Waals surface area contributed by atoms with Crippen molar-refractivity contribution in [1.29, 1.82) is 0 Å². The van der Waals surface area contributed by atoms with Crippen LogP contribution < -0.4 is 0 Å². The van der Waals surface area contributed by atoms with E-state index in [-0.39, 0.29) is 5.56 Å². The maximum absolute atomic E-state index is 13.2. The number of benzene rings is 1. The summed E-state index contributed by atoms with van der Waals surface area (Å²) in [6.45, 7) is 1.35. The highest BCUT2D eigenvalue weighted by molar-refractivity contribution is 5.98.